The first-order valence-corrected chi connectivity index (χ1v) is 11.3. The molecular weight excluding hydrogens is 474 g/mol. The van der Waals surface area contributed by atoms with Gasteiger partial charge in [-0.1, -0.05) is 0 Å². The quantitative estimate of drug-likeness (QED) is 0.585. The fourth-order valence-corrected chi connectivity index (χ4v) is 4.79. The number of nitrogens with one attached hydrogen (secondary N) is 2. The van der Waals surface area contributed by atoms with Gasteiger partial charge in [0.1, 0.15) is 0 Å². The number of nitriles is 2. The van der Waals surface area contributed by atoms with Crippen molar-refractivity contribution in [2.75, 3.05) is 10.6 Å². The zero-order chi connectivity index (χ0) is 19.8. The summed E-state index contributed by atoms with van der Waals surface area (Å²) in [6.45, 7) is 2.88. The standard InChI is InChI=1S/C19H16N4O2Se2/c1-12(24)22-16-5-3-14(18(8-16)26-10-20)7-15-4-6-17(23-13(2)25)9-19(15)27-11-21/h3-6,8-9H,7H2,1-2H3,(H,22,24)(H,23,25). The molecule has 0 aliphatic heterocycles. The molecule has 0 fully saturated rings. The predicted octanol–water partition coefficient (Wildman–Crippen LogP) is 0.815. The third kappa shape index (κ3) is 6.25. The first-order chi connectivity index (χ1) is 12.9. The molecule has 27 heavy (non-hydrogen) atoms. The fourth-order valence-electron chi connectivity index (χ4n) is 2.46. The van der Waals surface area contributed by atoms with Crippen LogP contribution in [0.5, 0.6) is 0 Å². The summed E-state index contributed by atoms with van der Waals surface area (Å²) >= 11 is -0.749. The minimum absolute atomic E-state index is 0.161. The Morgan fingerprint density at radius 3 is 1.59 bits per heavy atom. The van der Waals surface area contributed by atoms with E-state index in [1.54, 1.807) is 0 Å². The Balaban J connectivity index is 2.37. The Kier molecular flexibility index (Phi) is 7.61. The van der Waals surface area contributed by atoms with E-state index in [1.165, 1.54) is 13.8 Å². The Bertz CT molecular complexity index is 884. The predicted molar refractivity (Wildman–Crippen MR) is 106 cm³/mol. The molecule has 136 valence electrons. The van der Waals surface area contributed by atoms with E-state index in [4.69, 9.17) is 10.5 Å². The van der Waals surface area contributed by atoms with Crippen LogP contribution in [0, 0.1) is 20.5 Å². The van der Waals surface area contributed by atoms with Crippen LogP contribution in [-0.2, 0) is 16.0 Å². The molecule has 0 radical (unpaired) electrons. The number of nitrogens with zero attached hydrogens (tertiary/aromatic N) is 2. The van der Waals surface area contributed by atoms with Gasteiger partial charge in [-0.2, -0.15) is 0 Å². The fraction of sp³-hybridized carbons (Fsp3) is 0.158. The van der Waals surface area contributed by atoms with Crippen molar-refractivity contribution < 1.29 is 9.59 Å². The number of anilines is 2. The molecule has 0 aliphatic rings. The summed E-state index contributed by atoms with van der Waals surface area (Å²) in [7, 11) is 0. The van der Waals surface area contributed by atoms with Gasteiger partial charge in [0.2, 0.25) is 0 Å². The molecule has 2 aromatic carbocycles. The number of carbonyl (C=O) groups is 2. The summed E-state index contributed by atoms with van der Waals surface area (Å²) in [5.74, 6) is -0.323. The van der Waals surface area contributed by atoms with Gasteiger partial charge in [-0.05, 0) is 0 Å². The van der Waals surface area contributed by atoms with Gasteiger partial charge in [-0.25, -0.2) is 0 Å². The second-order valence-electron chi connectivity index (χ2n) is 5.57. The molecule has 0 unspecified atom stereocenters. The molecule has 0 bridgehead atoms. The number of hydrogen-bond donors (Lipinski definition) is 2. The number of amides is 2. The molecule has 2 aromatic rings. The van der Waals surface area contributed by atoms with Crippen LogP contribution in [0.1, 0.15) is 25.0 Å². The van der Waals surface area contributed by atoms with Crippen molar-refractivity contribution in [2.24, 2.45) is 0 Å². The molecule has 2 N–H and O–H groups in total. The summed E-state index contributed by atoms with van der Waals surface area (Å²) in [5, 5.41) is 23.8. The Morgan fingerprint density at radius 1 is 0.852 bits per heavy atom. The van der Waals surface area contributed by atoms with Crippen molar-refractivity contribution in [1.82, 2.24) is 0 Å². The molecule has 0 atom stereocenters. The second-order valence-corrected chi connectivity index (χ2v) is 9.04. The van der Waals surface area contributed by atoms with Gasteiger partial charge in [0.15, 0.2) is 0 Å². The Morgan fingerprint density at radius 2 is 1.26 bits per heavy atom. The molecule has 0 aliphatic carbocycles. The van der Waals surface area contributed by atoms with E-state index in [1.807, 2.05) is 36.4 Å². The van der Waals surface area contributed by atoms with E-state index in [0.29, 0.717) is 17.8 Å². The van der Waals surface area contributed by atoms with E-state index in [0.717, 1.165) is 20.1 Å². The van der Waals surface area contributed by atoms with Gasteiger partial charge in [-0.3, -0.25) is 0 Å². The van der Waals surface area contributed by atoms with E-state index in [2.05, 4.69) is 20.6 Å². The molecular formula is C19H16N4O2Se2. The van der Waals surface area contributed by atoms with Crippen LogP contribution in [0.15, 0.2) is 36.4 Å². The SMILES string of the molecule is CC(=O)Nc1ccc(Cc2ccc(NC(C)=O)cc2[Se]C#N)c([Se]C#N)c1. The molecule has 8 heteroatoms. The number of benzene rings is 2. The summed E-state index contributed by atoms with van der Waals surface area (Å²) in [6.07, 6.45) is 0.582. The minimum atomic E-state index is -0.375. The maximum absolute atomic E-state index is 11.3. The topological polar surface area (TPSA) is 106 Å². The third-order valence-electron chi connectivity index (χ3n) is 3.47. The van der Waals surface area contributed by atoms with Crippen molar-refractivity contribution in [3.63, 3.8) is 0 Å². The first-order valence-electron chi connectivity index (χ1n) is 7.86. The summed E-state index contributed by atoms with van der Waals surface area (Å²) < 4.78 is 1.80. The summed E-state index contributed by atoms with van der Waals surface area (Å²) in [6, 6.07) is 11.1. The molecule has 0 saturated heterocycles. The van der Waals surface area contributed by atoms with Gasteiger partial charge in [-0.15, -0.1) is 0 Å². The molecule has 0 saturated carbocycles. The molecule has 6 nitrogen and oxygen atoms in total. The Hall–Kier alpha value is -2.60. The molecule has 0 spiro atoms. The summed E-state index contributed by atoms with van der Waals surface area (Å²) in [4.78, 5) is 26.9. The van der Waals surface area contributed by atoms with Crippen molar-refractivity contribution in [3.8, 4) is 9.94 Å². The zero-order valence-electron chi connectivity index (χ0n) is 14.7. The van der Waals surface area contributed by atoms with Crippen molar-refractivity contribution >= 4 is 62.0 Å². The van der Waals surface area contributed by atoms with Gasteiger partial charge >= 0.3 is 171 Å². The average Bonchev–Trinajstić information content (AvgIpc) is 2.58. The molecule has 0 heterocycles. The van der Waals surface area contributed by atoms with Gasteiger partial charge in [0.25, 0.3) is 0 Å². The van der Waals surface area contributed by atoms with E-state index < -0.39 is 0 Å². The van der Waals surface area contributed by atoms with Crippen LogP contribution in [0.25, 0.3) is 0 Å². The van der Waals surface area contributed by atoms with Crippen LogP contribution in [0.4, 0.5) is 11.4 Å². The van der Waals surface area contributed by atoms with Crippen LogP contribution in [-0.4, -0.2) is 41.7 Å². The van der Waals surface area contributed by atoms with Crippen molar-refractivity contribution in [3.05, 3.63) is 47.5 Å². The number of rotatable bonds is 6. The van der Waals surface area contributed by atoms with Gasteiger partial charge in [0, 0.05) is 0 Å². The maximum atomic E-state index is 11.3. The number of carbonyl (C=O) groups excluding carboxylic acids is 2. The second kappa shape index (κ2) is 9.92. The van der Waals surface area contributed by atoms with Crippen LogP contribution in [0.2, 0.25) is 0 Å². The average molecular weight is 490 g/mol. The molecule has 0 aromatic heterocycles. The van der Waals surface area contributed by atoms with E-state index in [-0.39, 0.29) is 41.7 Å². The molecule has 2 rings (SSSR count). The van der Waals surface area contributed by atoms with Crippen LogP contribution >= 0.6 is 0 Å². The normalized spacial score (nSPS) is 9.78. The molecule has 2 amide bonds. The summed E-state index contributed by atoms with van der Waals surface area (Å²) in [5.41, 5.74) is 3.32. The third-order valence-corrected chi connectivity index (χ3v) is 6.37. The monoisotopic (exact) mass is 492 g/mol. The van der Waals surface area contributed by atoms with Crippen LogP contribution in [0.3, 0.4) is 0 Å². The van der Waals surface area contributed by atoms with Crippen molar-refractivity contribution in [2.45, 2.75) is 20.3 Å². The van der Waals surface area contributed by atoms with Crippen LogP contribution < -0.4 is 19.6 Å². The zero-order valence-corrected chi connectivity index (χ0v) is 18.1. The number of hydrogen-bond acceptors (Lipinski definition) is 4. The Labute approximate surface area is 170 Å². The van der Waals surface area contributed by atoms with Gasteiger partial charge in [0.05, 0.1) is 0 Å². The van der Waals surface area contributed by atoms with Crippen molar-refractivity contribution in [1.29, 1.82) is 10.5 Å². The van der Waals surface area contributed by atoms with E-state index >= 15 is 0 Å². The van der Waals surface area contributed by atoms with E-state index in [9.17, 15) is 9.59 Å². The first kappa shape index (κ1) is 20.7. The van der Waals surface area contributed by atoms with Gasteiger partial charge < -0.3 is 0 Å².